The molecule has 2 rings (SSSR count). The van der Waals surface area contributed by atoms with Gasteiger partial charge in [0.2, 0.25) is 0 Å². The molecule has 1 N–H and O–H groups in total. The van der Waals surface area contributed by atoms with Gasteiger partial charge in [0.05, 0.1) is 0 Å². The molecule has 0 fully saturated rings. The molecule has 0 aromatic heterocycles. The molecule has 0 unspecified atom stereocenters. The van der Waals surface area contributed by atoms with Crippen LogP contribution in [0.4, 0.5) is 0 Å². The summed E-state index contributed by atoms with van der Waals surface area (Å²) in [5.41, 5.74) is 3.38. The summed E-state index contributed by atoms with van der Waals surface area (Å²) in [5, 5.41) is 8.94. The molecule has 0 radical (unpaired) electrons. The summed E-state index contributed by atoms with van der Waals surface area (Å²) in [4.78, 5) is 10.9. The molecule has 0 aromatic rings. The van der Waals surface area contributed by atoms with Crippen LogP contribution in [0.2, 0.25) is 0 Å². The molecule has 0 heterocycles. The summed E-state index contributed by atoms with van der Waals surface area (Å²) < 4.78 is 0. The van der Waals surface area contributed by atoms with Crippen molar-refractivity contribution in [1.82, 2.24) is 0 Å². The summed E-state index contributed by atoms with van der Waals surface area (Å²) in [6, 6.07) is 0. The van der Waals surface area contributed by atoms with Gasteiger partial charge in [-0.15, -0.1) is 0 Å². The van der Waals surface area contributed by atoms with Gasteiger partial charge in [-0.25, -0.2) is 0 Å². The van der Waals surface area contributed by atoms with Crippen LogP contribution in [-0.2, 0) is 4.79 Å². The molecule has 2 nitrogen and oxygen atoms in total. The summed E-state index contributed by atoms with van der Waals surface area (Å²) in [5.74, 6) is 0.972. The van der Waals surface area contributed by atoms with Crippen molar-refractivity contribution in [1.29, 1.82) is 0 Å². The summed E-state index contributed by atoms with van der Waals surface area (Å²) in [7, 11) is 0. The summed E-state index contributed by atoms with van der Waals surface area (Å²) >= 11 is 0. The van der Waals surface area contributed by atoms with Crippen LogP contribution in [0.3, 0.4) is 0 Å². The number of hydrogen-bond donors (Lipinski definition) is 1. The number of carbonyl (C=O) groups is 1. The number of carboxylic acids is 1. The Balaban J connectivity index is 2.10. The third kappa shape index (κ3) is 3.41. The van der Waals surface area contributed by atoms with Crippen LogP contribution in [0, 0.1) is 23.2 Å². The van der Waals surface area contributed by atoms with Crippen LogP contribution in [0.5, 0.6) is 0 Å². The lowest BCUT2D eigenvalue weighted by Gasteiger charge is -2.49. The zero-order valence-electron chi connectivity index (χ0n) is 14.0. The van der Waals surface area contributed by atoms with Gasteiger partial charge in [0.25, 0.3) is 0 Å². The minimum atomic E-state index is -0.665. The Morgan fingerprint density at radius 1 is 1.48 bits per heavy atom. The number of fused-ring (bicyclic) bond motifs is 1. The second kappa shape index (κ2) is 6.37. The maximum atomic E-state index is 10.9. The Labute approximate surface area is 129 Å². The van der Waals surface area contributed by atoms with E-state index in [4.69, 9.17) is 5.11 Å². The fourth-order valence-corrected chi connectivity index (χ4v) is 4.30. The molecule has 118 valence electrons. The third-order valence-electron chi connectivity index (χ3n) is 6.05. The minimum absolute atomic E-state index is 0.279. The summed E-state index contributed by atoms with van der Waals surface area (Å²) in [6.45, 7) is 9.15. The number of hydrogen-bond acceptors (Lipinski definition) is 1. The molecule has 21 heavy (non-hydrogen) atoms. The molecule has 2 aliphatic rings. The average Bonchev–Trinajstić information content (AvgIpc) is 2.41. The highest BCUT2D eigenvalue weighted by Crippen LogP contribution is 2.53. The van der Waals surface area contributed by atoms with Crippen LogP contribution in [0.25, 0.3) is 0 Å². The first-order valence-electron chi connectivity index (χ1n) is 8.43. The highest BCUT2D eigenvalue weighted by Gasteiger charge is 2.43. The quantitative estimate of drug-likeness (QED) is 0.755. The number of allylic oxidation sites excluding steroid dienone is 4. The van der Waals surface area contributed by atoms with E-state index in [-0.39, 0.29) is 5.92 Å². The van der Waals surface area contributed by atoms with E-state index in [1.807, 2.05) is 0 Å². The zero-order chi connectivity index (χ0) is 15.6. The standard InChI is InChI=1S/C19H30O2/c1-13(12-18(20)21)10-11-19(4)15(3)8-9-16-14(2)6-5-7-17(16)19/h6,9,13,15,17H,5,7-8,10-12H2,1-4H3,(H,20,21)/t13-,15-,17+,19+/m1/s1. The Morgan fingerprint density at radius 3 is 2.86 bits per heavy atom. The van der Waals surface area contributed by atoms with E-state index in [1.165, 1.54) is 24.8 Å². The fourth-order valence-electron chi connectivity index (χ4n) is 4.30. The van der Waals surface area contributed by atoms with E-state index in [2.05, 4.69) is 39.8 Å². The predicted octanol–water partition coefficient (Wildman–Crippen LogP) is 5.21. The molecule has 0 bridgehead atoms. The van der Waals surface area contributed by atoms with Gasteiger partial charge in [-0.1, -0.05) is 38.5 Å². The average molecular weight is 290 g/mol. The van der Waals surface area contributed by atoms with E-state index in [1.54, 1.807) is 5.57 Å². The second-order valence-corrected chi connectivity index (χ2v) is 7.56. The van der Waals surface area contributed by atoms with Crippen molar-refractivity contribution >= 4 is 5.97 Å². The second-order valence-electron chi connectivity index (χ2n) is 7.56. The molecule has 0 aliphatic heterocycles. The molecule has 0 saturated carbocycles. The van der Waals surface area contributed by atoms with Crippen molar-refractivity contribution in [2.75, 3.05) is 0 Å². The van der Waals surface area contributed by atoms with Crippen LogP contribution in [0.1, 0.15) is 66.2 Å². The normalized spacial score (nSPS) is 33.7. The van der Waals surface area contributed by atoms with Crippen LogP contribution in [0.15, 0.2) is 23.3 Å². The van der Waals surface area contributed by atoms with E-state index in [0.29, 0.717) is 23.7 Å². The SMILES string of the molecule is CC1=CCC[C@H]2C1=CC[C@@H](C)[C@]2(C)CC[C@@H](C)CC(=O)O. The first kappa shape index (κ1) is 16.3. The van der Waals surface area contributed by atoms with Crippen molar-refractivity contribution in [3.63, 3.8) is 0 Å². The van der Waals surface area contributed by atoms with Crippen LogP contribution >= 0.6 is 0 Å². The largest absolute Gasteiger partial charge is 0.481 e. The Bertz CT molecular complexity index is 460. The van der Waals surface area contributed by atoms with Crippen molar-refractivity contribution in [2.24, 2.45) is 23.2 Å². The molecule has 0 amide bonds. The Morgan fingerprint density at radius 2 is 2.19 bits per heavy atom. The molecular formula is C19H30O2. The van der Waals surface area contributed by atoms with E-state index in [9.17, 15) is 4.79 Å². The van der Waals surface area contributed by atoms with Gasteiger partial charge in [-0.3, -0.25) is 4.79 Å². The molecule has 2 aliphatic carbocycles. The van der Waals surface area contributed by atoms with Crippen molar-refractivity contribution in [2.45, 2.75) is 66.2 Å². The molecule has 0 saturated heterocycles. The fraction of sp³-hybridized carbons (Fsp3) is 0.737. The molecule has 2 heteroatoms. The lowest BCUT2D eigenvalue weighted by atomic mass is 9.56. The number of aliphatic carboxylic acids is 1. The summed E-state index contributed by atoms with van der Waals surface area (Å²) in [6.07, 6.45) is 10.9. The van der Waals surface area contributed by atoms with Crippen molar-refractivity contribution < 1.29 is 9.90 Å². The van der Waals surface area contributed by atoms with Gasteiger partial charge in [0.1, 0.15) is 0 Å². The van der Waals surface area contributed by atoms with Crippen LogP contribution in [-0.4, -0.2) is 11.1 Å². The number of carboxylic acid groups (broad SMARTS) is 1. The first-order chi connectivity index (χ1) is 9.84. The van der Waals surface area contributed by atoms with Gasteiger partial charge in [-0.05, 0) is 67.8 Å². The topological polar surface area (TPSA) is 37.3 Å². The van der Waals surface area contributed by atoms with Gasteiger partial charge in [0, 0.05) is 6.42 Å². The van der Waals surface area contributed by atoms with Crippen molar-refractivity contribution in [3.05, 3.63) is 23.3 Å². The van der Waals surface area contributed by atoms with E-state index < -0.39 is 5.97 Å². The molecule has 0 aromatic carbocycles. The third-order valence-corrected chi connectivity index (χ3v) is 6.05. The number of rotatable bonds is 5. The van der Waals surface area contributed by atoms with E-state index in [0.717, 1.165) is 12.8 Å². The zero-order valence-corrected chi connectivity index (χ0v) is 14.0. The predicted molar refractivity (Wildman–Crippen MR) is 87.1 cm³/mol. The maximum absolute atomic E-state index is 10.9. The van der Waals surface area contributed by atoms with Crippen LogP contribution < -0.4 is 0 Å². The van der Waals surface area contributed by atoms with Gasteiger partial charge < -0.3 is 5.11 Å². The van der Waals surface area contributed by atoms with Gasteiger partial charge in [-0.2, -0.15) is 0 Å². The first-order valence-corrected chi connectivity index (χ1v) is 8.43. The smallest absolute Gasteiger partial charge is 0.303 e. The highest BCUT2D eigenvalue weighted by atomic mass is 16.4. The highest BCUT2D eigenvalue weighted by molar-refractivity contribution is 5.66. The van der Waals surface area contributed by atoms with E-state index >= 15 is 0 Å². The van der Waals surface area contributed by atoms with Gasteiger partial charge >= 0.3 is 5.97 Å². The Kier molecular flexibility index (Phi) is 4.95. The molecular weight excluding hydrogens is 260 g/mol. The lowest BCUT2D eigenvalue weighted by molar-refractivity contribution is -0.138. The Hall–Kier alpha value is -1.05. The molecule has 0 spiro atoms. The minimum Gasteiger partial charge on any atom is -0.481 e. The lowest BCUT2D eigenvalue weighted by Crippen LogP contribution is -2.39. The maximum Gasteiger partial charge on any atom is 0.303 e. The van der Waals surface area contributed by atoms with Gasteiger partial charge in [0.15, 0.2) is 0 Å². The van der Waals surface area contributed by atoms with Crippen molar-refractivity contribution in [3.8, 4) is 0 Å². The monoisotopic (exact) mass is 290 g/mol. The molecule has 4 atom stereocenters.